The smallest absolute Gasteiger partial charge is 0.146 e. The summed E-state index contributed by atoms with van der Waals surface area (Å²) in [6.07, 6.45) is 1.06. The molecule has 0 aliphatic carbocycles. The number of hydrogen-bond donors (Lipinski definition) is 1. The molecule has 0 amide bonds. The van der Waals surface area contributed by atoms with Gasteiger partial charge in [0.15, 0.2) is 0 Å². The molecule has 1 N–H and O–H groups in total. The molecule has 3 rings (SSSR count). The molecule has 3 nitrogen and oxygen atoms in total. The summed E-state index contributed by atoms with van der Waals surface area (Å²) in [5.41, 5.74) is 0. The minimum Gasteiger partial charge on any atom is -0.370 e. The molecule has 2 aromatic heterocycles. The molecule has 114 valence electrons. The van der Waals surface area contributed by atoms with Crippen molar-refractivity contribution in [1.82, 2.24) is 9.97 Å². The van der Waals surface area contributed by atoms with Gasteiger partial charge in [0.05, 0.1) is 10.6 Å². The number of nitrogens with one attached hydrogen (secondary N) is 1. The van der Waals surface area contributed by atoms with E-state index >= 15 is 0 Å². The van der Waals surface area contributed by atoms with Crippen LogP contribution >= 0.6 is 34.9 Å². The van der Waals surface area contributed by atoms with E-state index in [1.54, 1.807) is 0 Å². The predicted molar refractivity (Wildman–Crippen MR) is 98.1 cm³/mol. The number of hydrogen-bond acceptors (Lipinski definition) is 6. The van der Waals surface area contributed by atoms with Gasteiger partial charge >= 0.3 is 0 Å². The Labute approximate surface area is 138 Å². The average molecular weight is 340 g/mol. The molecular weight excluding hydrogens is 318 g/mol. The van der Waals surface area contributed by atoms with E-state index in [0.717, 1.165) is 29.4 Å². The van der Waals surface area contributed by atoms with Crippen LogP contribution in [0.3, 0.4) is 0 Å². The van der Waals surface area contributed by atoms with Crippen LogP contribution in [0.25, 0.3) is 10.2 Å². The van der Waals surface area contributed by atoms with E-state index in [1.165, 1.54) is 21.8 Å². The summed E-state index contributed by atoms with van der Waals surface area (Å²) >= 11 is 5.85. The molecule has 1 fully saturated rings. The molecule has 1 saturated heterocycles. The third-order valence-electron chi connectivity index (χ3n) is 3.60. The van der Waals surface area contributed by atoms with Gasteiger partial charge in [-0.05, 0) is 19.4 Å². The first-order valence-electron chi connectivity index (χ1n) is 7.50. The normalized spacial score (nSPS) is 22.6. The zero-order valence-corrected chi connectivity index (χ0v) is 15.1. The molecule has 1 aliphatic rings. The lowest BCUT2D eigenvalue weighted by atomic mass is 10.2. The van der Waals surface area contributed by atoms with E-state index in [9.17, 15) is 0 Å². The Morgan fingerprint density at radius 2 is 2.05 bits per heavy atom. The van der Waals surface area contributed by atoms with Crippen molar-refractivity contribution in [1.29, 1.82) is 0 Å². The van der Waals surface area contributed by atoms with Crippen LogP contribution in [0, 0.1) is 0 Å². The Morgan fingerprint density at radius 1 is 1.24 bits per heavy atom. The van der Waals surface area contributed by atoms with Crippen LogP contribution in [-0.2, 0) is 6.42 Å². The molecule has 6 heteroatoms. The first-order chi connectivity index (χ1) is 10.2. The van der Waals surface area contributed by atoms with Crippen LogP contribution in [0.1, 0.15) is 36.7 Å². The molecule has 0 saturated carbocycles. The highest BCUT2D eigenvalue weighted by molar-refractivity contribution is 8.06. The van der Waals surface area contributed by atoms with Gasteiger partial charge < -0.3 is 5.32 Å². The zero-order valence-electron chi connectivity index (χ0n) is 12.7. The van der Waals surface area contributed by atoms with E-state index in [4.69, 9.17) is 9.97 Å². The van der Waals surface area contributed by atoms with Crippen LogP contribution in [0.2, 0.25) is 0 Å². The third-order valence-corrected chi connectivity index (χ3v) is 7.86. The number of aromatic nitrogens is 2. The molecule has 0 aromatic carbocycles. The van der Waals surface area contributed by atoms with Crippen LogP contribution in [0.4, 0.5) is 5.82 Å². The van der Waals surface area contributed by atoms with Crippen molar-refractivity contribution in [2.75, 3.05) is 23.4 Å². The topological polar surface area (TPSA) is 37.8 Å². The Morgan fingerprint density at radius 3 is 2.76 bits per heavy atom. The van der Waals surface area contributed by atoms with Crippen LogP contribution < -0.4 is 5.32 Å². The minimum atomic E-state index is 0.415. The van der Waals surface area contributed by atoms with E-state index in [-0.39, 0.29) is 0 Å². The lowest BCUT2D eigenvalue weighted by molar-refractivity contribution is 0.834. The highest BCUT2D eigenvalue weighted by atomic mass is 32.2. The van der Waals surface area contributed by atoms with Crippen molar-refractivity contribution in [2.45, 2.75) is 37.7 Å². The van der Waals surface area contributed by atoms with Crippen molar-refractivity contribution in [3.8, 4) is 0 Å². The first kappa shape index (κ1) is 15.4. The highest BCUT2D eigenvalue weighted by Gasteiger charge is 2.27. The second kappa shape index (κ2) is 6.75. The zero-order chi connectivity index (χ0) is 14.8. The van der Waals surface area contributed by atoms with Gasteiger partial charge in [-0.1, -0.05) is 13.8 Å². The van der Waals surface area contributed by atoms with Crippen molar-refractivity contribution in [2.24, 2.45) is 0 Å². The van der Waals surface area contributed by atoms with Gasteiger partial charge in [0, 0.05) is 28.2 Å². The SMILES string of the molecule is CCNc1nc(C2SCCSC2C)nc2sc(CC)cc12. The van der Waals surface area contributed by atoms with E-state index in [2.05, 4.69) is 32.2 Å². The van der Waals surface area contributed by atoms with Gasteiger partial charge in [-0.25, -0.2) is 9.97 Å². The summed E-state index contributed by atoms with van der Waals surface area (Å²) < 4.78 is 0. The maximum Gasteiger partial charge on any atom is 0.146 e. The molecule has 0 spiro atoms. The van der Waals surface area contributed by atoms with Crippen LogP contribution in [0.5, 0.6) is 0 Å². The molecule has 2 aromatic rings. The Hall–Kier alpha value is -0.460. The first-order valence-corrected chi connectivity index (χ1v) is 10.4. The summed E-state index contributed by atoms with van der Waals surface area (Å²) in [7, 11) is 0. The van der Waals surface area contributed by atoms with Gasteiger partial charge in [-0.15, -0.1) is 23.1 Å². The minimum absolute atomic E-state index is 0.415. The molecule has 1 aliphatic heterocycles. The maximum absolute atomic E-state index is 4.89. The van der Waals surface area contributed by atoms with Crippen molar-refractivity contribution in [3.63, 3.8) is 0 Å². The van der Waals surface area contributed by atoms with Gasteiger partial charge in [-0.3, -0.25) is 0 Å². The number of thioether (sulfide) groups is 2. The van der Waals surface area contributed by atoms with Crippen LogP contribution in [0.15, 0.2) is 6.07 Å². The highest BCUT2D eigenvalue weighted by Crippen LogP contribution is 2.42. The summed E-state index contributed by atoms with van der Waals surface area (Å²) in [6, 6.07) is 2.24. The van der Waals surface area contributed by atoms with Gasteiger partial charge in [-0.2, -0.15) is 11.8 Å². The number of aryl methyl sites for hydroxylation is 1. The largest absolute Gasteiger partial charge is 0.370 e. The second-order valence-corrected chi connectivity index (χ2v) is 8.96. The molecule has 0 radical (unpaired) electrons. The number of anilines is 1. The Kier molecular flexibility index (Phi) is 4.96. The van der Waals surface area contributed by atoms with Crippen molar-refractivity contribution >= 4 is 50.9 Å². The quantitative estimate of drug-likeness (QED) is 0.881. The summed E-state index contributed by atoms with van der Waals surface area (Å²) in [5.74, 6) is 4.45. The lowest BCUT2D eigenvalue weighted by Crippen LogP contribution is -2.18. The summed E-state index contributed by atoms with van der Waals surface area (Å²) in [5, 5.41) is 5.60. The molecular formula is C15H21N3S3. The Balaban J connectivity index is 2.06. The molecule has 2 atom stereocenters. The van der Waals surface area contributed by atoms with Gasteiger partial charge in [0.25, 0.3) is 0 Å². The number of rotatable bonds is 4. The van der Waals surface area contributed by atoms with Crippen molar-refractivity contribution in [3.05, 3.63) is 16.8 Å². The fraction of sp³-hybridized carbons (Fsp3) is 0.600. The predicted octanol–water partition coefficient (Wildman–Crippen LogP) is 4.60. The Bertz CT molecular complexity index is 626. The third kappa shape index (κ3) is 3.17. The van der Waals surface area contributed by atoms with Crippen molar-refractivity contribution < 1.29 is 0 Å². The fourth-order valence-electron chi connectivity index (χ4n) is 2.51. The van der Waals surface area contributed by atoms with E-state index in [1.807, 2.05) is 34.9 Å². The second-order valence-electron chi connectivity index (χ2n) is 5.11. The summed E-state index contributed by atoms with van der Waals surface area (Å²) in [4.78, 5) is 12.3. The fourth-order valence-corrected chi connectivity index (χ4v) is 6.17. The average Bonchev–Trinajstić information content (AvgIpc) is 2.91. The maximum atomic E-state index is 4.89. The number of nitrogens with zero attached hydrogens (tertiary/aromatic N) is 2. The van der Waals surface area contributed by atoms with Gasteiger partial charge in [0.1, 0.15) is 16.5 Å². The number of fused-ring (bicyclic) bond motifs is 1. The molecule has 21 heavy (non-hydrogen) atoms. The van der Waals surface area contributed by atoms with Gasteiger partial charge in [0.2, 0.25) is 0 Å². The van der Waals surface area contributed by atoms with Crippen LogP contribution in [-0.4, -0.2) is 33.3 Å². The molecule has 0 bridgehead atoms. The van der Waals surface area contributed by atoms with E-state index in [0.29, 0.717) is 10.5 Å². The van der Waals surface area contributed by atoms with E-state index < -0.39 is 0 Å². The standard InChI is InChI=1S/C15H21N3S3/c1-4-10-8-11-13(16-5-2)17-14(18-15(11)21-10)12-9(3)19-6-7-20-12/h8-9,12H,4-7H2,1-3H3,(H,16,17,18). The molecule has 3 heterocycles. The monoisotopic (exact) mass is 339 g/mol. The lowest BCUT2D eigenvalue weighted by Gasteiger charge is -2.26. The number of thiophene rings is 1. The molecule has 2 unspecified atom stereocenters. The summed E-state index contributed by atoms with van der Waals surface area (Å²) in [6.45, 7) is 7.51.